The van der Waals surface area contributed by atoms with Crippen LogP contribution in [0.25, 0.3) is 0 Å². The van der Waals surface area contributed by atoms with E-state index in [2.05, 4.69) is 15.4 Å². The first-order valence-electron chi connectivity index (χ1n) is 5.59. The number of nitrogen functional groups attached to an aromatic ring is 1. The second-order valence-corrected chi connectivity index (χ2v) is 5.09. The molecule has 0 spiro atoms. The van der Waals surface area contributed by atoms with Crippen molar-refractivity contribution < 1.29 is 9.47 Å². The maximum Gasteiger partial charge on any atom is 0.219 e. The van der Waals surface area contributed by atoms with Gasteiger partial charge < -0.3 is 14.9 Å². The van der Waals surface area contributed by atoms with Gasteiger partial charge in [0, 0.05) is 11.5 Å². The third-order valence-corrected chi connectivity index (χ3v) is 2.42. The van der Waals surface area contributed by atoms with Crippen molar-refractivity contribution in [3.8, 4) is 5.88 Å². The highest BCUT2D eigenvalue weighted by molar-refractivity contribution is 5.38. The largest absolute Gasteiger partial charge is 0.469 e. The van der Waals surface area contributed by atoms with Crippen molar-refractivity contribution in [3.05, 3.63) is 11.9 Å². The Labute approximate surface area is 101 Å². The summed E-state index contributed by atoms with van der Waals surface area (Å²) in [6, 6.07) is 1.69. The molecule has 3 N–H and O–H groups in total. The molecular formula is C11H18N4O2. The predicted molar refractivity (Wildman–Crippen MR) is 63.8 cm³/mol. The molecule has 0 atom stereocenters. The molecule has 0 aliphatic carbocycles. The van der Waals surface area contributed by atoms with Crippen molar-refractivity contribution in [2.24, 2.45) is 5.84 Å². The van der Waals surface area contributed by atoms with E-state index in [1.54, 1.807) is 6.07 Å². The fraction of sp³-hybridized carbons (Fsp3) is 0.636. The van der Waals surface area contributed by atoms with Crippen molar-refractivity contribution in [2.75, 3.05) is 18.6 Å². The van der Waals surface area contributed by atoms with Crippen LogP contribution in [0.1, 0.15) is 26.6 Å². The summed E-state index contributed by atoms with van der Waals surface area (Å²) >= 11 is 0. The van der Waals surface area contributed by atoms with E-state index >= 15 is 0 Å². The molecule has 2 heterocycles. The predicted octanol–water partition coefficient (Wildman–Crippen LogP) is 0.837. The molecule has 0 saturated carbocycles. The van der Waals surface area contributed by atoms with Crippen LogP contribution in [-0.2, 0) is 10.2 Å². The molecule has 94 valence electrons. The summed E-state index contributed by atoms with van der Waals surface area (Å²) in [6.07, 6.45) is 0.0864. The Morgan fingerprint density at radius 2 is 2.12 bits per heavy atom. The Bertz CT molecular complexity index is 399. The highest BCUT2D eigenvalue weighted by atomic mass is 16.6. The van der Waals surface area contributed by atoms with E-state index in [1.165, 1.54) is 0 Å². The van der Waals surface area contributed by atoms with Gasteiger partial charge in [-0.1, -0.05) is 20.8 Å². The van der Waals surface area contributed by atoms with Gasteiger partial charge in [-0.05, 0) is 0 Å². The monoisotopic (exact) mass is 238 g/mol. The number of nitrogens with one attached hydrogen (secondary N) is 1. The average molecular weight is 238 g/mol. The first kappa shape index (κ1) is 12.1. The Kier molecular flexibility index (Phi) is 3.17. The van der Waals surface area contributed by atoms with Crippen LogP contribution in [0.2, 0.25) is 0 Å². The highest BCUT2D eigenvalue weighted by Crippen LogP contribution is 2.24. The number of nitrogens with two attached hydrogens (primary N) is 1. The summed E-state index contributed by atoms with van der Waals surface area (Å²) in [5, 5.41) is 0. The fourth-order valence-corrected chi connectivity index (χ4v) is 1.35. The fourth-order valence-electron chi connectivity index (χ4n) is 1.35. The first-order chi connectivity index (χ1) is 7.99. The summed E-state index contributed by atoms with van der Waals surface area (Å²) in [5.74, 6) is 7.17. The maximum atomic E-state index is 5.66. The average Bonchev–Trinajstić information content (AvgIpc) is 2.22. The van der Waals surface area contributed by atoms with Crippen LogP contribution in [0.5, 0.6) is 5.88 Å². The summed E-state index contributed by atoms with van der Waals surface area (Å²) in [4.78, 5) is 8.71. The Balaban J connectivity index is 2.24. The van der Waals surface area contributed by atoms with Gasteiger partial charge in [0.1, 0.15) is 17.7 Å². The number of rotatable bonds is 3. The summed E-state index contributed by atoms with van der Waals surface area (Å²) in [6.45, 7) is 7.34. The van der Waals surface area contributed by atoms with Crippen molar-refractivity contribution >= 4 is 5.82 Å². The van der Waals surface area contributed by atoms with E-state index in [4.69, 9.17) is 15.3 Å². The van der Waals surface area contributed by atoms with E-state index in [-0.39, 0.29) is 11.5 Å². The van der Waals surface area contributed by atoms with Crippen LogP contribution in [0.15, 0.2) is 6.07 Å². The molecule has 1 saturated heterocycles. The number of hydrogen-bond donors (Lipinski definition) is 2. The molecular weight excluding hydrogens is 220 g/mol. The Hall–Kier alpha value is -1.40. The molecule has 1 aliphatic heterocycles. The van der Waals surface area contributed by atoms with Gasteiger partial charge in [-0.3, -0.25) is 0 Å². The summed E-state index contributed by atoms with van der Waals surface area (Å²) < 4.78 is 10.7. The van der Waals surface area contributed by atoms with E-state index in [1.807, 2.05) is 20.8 Å². The molecule has 0 radical (unpaired) electrons. The van der Waals surface area contributed by atoms with Crippen LogP contribution in [-0.4, -0.2) is 29.3 Å². The van der Waals surface area contributed by atoms with Crippen LogP contribution >= 0.6 is 0 Å². The van der Waals surface area contributed by atoms with Crippen molar-refractivity contribution in [1.82, 2.24) is 9.97 Å². The third kappa shape index (κ3) is 2.83. The lowest BCUT2D eigenvalue weighted by Gasteiger charge is -2.27. The topological polar surface area (TPSA) is 82.3 Å². The zero-order chi connectivity index (χ0) is 12.5. The van der Waals surface area contributed by atoms with Gasteiger partial charge >= 0.3 is 0 Å². The molecule has 1 aliphatic rings. The Morgan fingerprint density at radius 3 is 2.59 bits per heavy atom. The Morgan fingerprint density at radius 1 is 1.41 bits per heavy atom. The molecule has 0 aromatic carbocycles. The number of hydrogen-bond acceptors (Lipinski definition) is 6. The van der Waals surface area contributed by atoms with Gasteiger partial charge in [0.15, 0.2) is 0 Å². The molecule has 6 nitrogen and oxygen atoms in total. The molecule has 1 aromatic heterocycles. The highest BCUT2D eigenvalue weighted by Gasteiger charge is 2.23. The van der Waals surface area contributed by atoms with Gasteiger partial charge in [-0.2, -0.15) is 4.98 Å². The smallest absolute Gasteiger partial charge is 0.219 e. The normalized spacial score (nSPS) is 16.5. The van der Waals surface area contributed by atoms with Gasteiger partial charge in [-0.25, -0.2) is 10.8 Å². The van der Waals surface area contributed by atoms with Crippen molar-refractivity contribution in [2.45, 2.75) is 32.3 Å². The number of ether oxygens (including phenoxy) is 2. The lowest BCUT2D eigenvalue weighted by molar-refractivity contribution is -0.0814. The van der Waals surface area contributed by atoms with E-state index in [0.29, 0.717) is 30.7 Å². The van der Waals surface area contributed by atoms with Gasteiger partial charge in [0.2, 0.25) is 5.88 Å². The minimum Gasteiger partial charge on any atom is -0.469 e. The molecule has 0 unspecified atom stereocenters. The molecule has 17 heavy (non-hydrogen) atoms. The summed E-state index contributed by atoms with van der Waals surface area (Å²) in [5.41, 5.74) is 2.38. The van der Waals surface area contributed by atoms with Gasteiger partial charge in [0.25, 0.3) is 0 Å². The molecule has 0 bridgehead atoms. The van der Waals surface area contributed by atoms with E-state index in [0.717, 1.165) is 0 Å². The van der Waals surface area contributed by atoms with Crippen LogP contribution < -0.4 is 16.0 Å². The molecule has 1 fully saturated rings. The standard InChI is InChI=1S/C11H18N4O2/c1-11(2,3)10-13-8(15-12)4-9(14-10)17-7-5-16-6-7/h4,7H,5-6,12H2,1-3H3,(H,13,14,15). The lowest BCUT2D eigenvalue weighted by atomic mass is 9.96. The van der Waals surface area contributed by atoms with Crippen LogP contribution in [0.4, 0.5) is 5.82 Å². The molecule has 0 amide bonds. The molecule has 1 aromatic rings. The quantitative estimate of drug-likeness (QED) is 0.599. The number of nitrogens with zero attached hydrogens (tertiary/aromatic N) is 2. The summed E-state index contributed by atoms with van der Waals surface area (Å²) in [7, 11) is 0. The van der Waals surface area contributed by atoms with Crippen LogP contribution in [0, 0.1) is 0 Å². The number of hydrazine groups is 1. The number of aromatic nitrogens is 2. The minimum absolute atomic E-state index is 0.0864. The zero-order valence-electron chi connectivity index (χ0n) is 10.4. The molecule has 2 rings (SSSR count). The first-order valence-corrected chi connectivity index (χ1v) is 5.59. The van der Waals surface area contributed by atoms with Crippen molar-refractivity contribution in [1.29, 1.82) is 0 Å². The zero-order valence-corrected chi connectivity index (χ0v) is 10.4. The van der Waals surface area contributed by atoms with Gasteiger partial charge in [0.05, 0.1) is 13.2 Å². The number of anilines is 1. The van der Waals surface area contributed by atoms with Crippen LogP contribution in [0.3, 0.4) is 0 Å². The second kappa shape index (κ2) is 4.46. The SMILES string of the molecule is CC(C)(C)c1nc(NN)cc(OC2COC2)n1. The van der Waals surface area contributed by atoms with E-state index < -0.39 is 0 Å². The van der Waals surface area contributed by atoms with Crippen molar-refractivity contribution in [3.63, 3.8) is 0 Å². The lowest BCUT2D eigenvalue weighted by Crippen LogP contribution is -2.39. The van der Waals surface area contributed by atoms with Gasteiger partial charge in [-0.15, -0.1) is 0 Å². The molecule has 6 heteroatoms. The third-order valence-electron chi connectivity index (χ3n) is 2.42. The maximum absolute atomic E-state index is 5.66. The van der Waals surface area contributed by atoms with E-state index in [9.17, 15) is 0 Å². The second-order valence-electron chi connectivity index (χ2n) is 5.09. The minimum atomic E-state index is -0.152.